The third kappa shape index (κ3) is 4.50. The molecule has 0 unspecified atom stereocenters. The first-order valence-electron chi connectivity index (χ1n) is 6.48. The van der Waals surface area contributed by atoms with E-state index in [2.05, 4.69) is 15.9 Å². The van der Waals surface area contributed by atoms with E-state index in [9.17, 15) is 13.2 Å². The van der Waals surface area contributed by atoms with Gasteiger partial charge in [-0.25, -0.2) is 13.2 Å². The Kier molecular flexibility index (Phi) is 6.79. The highest BCUT2D eigenvalue weighted by Crippen LogP contribution is 2.23. The van der Waals surface area contributed by atoms with Crippen molar-refractivity contribution in [3.8, 4) is 0 Å². The lowest BCUT2D eigenvalue weighted by Gasteiger charge is -2.21. The number of unbranched alkanes of at least 4 members (excludes halogenated alkanes) is 1. The Morgan fingerprint density at radius 2 is 2.00 bits per heavy atom. The van der Waals surface area contributed by atoms with Gasteiger partial charge in [-0.3, -0.25) is 0 Å². The molecule has 21 heavy (non-hydrogen) atoms. The summed E-state index contributed by atoms with van der Waals surface area (Å²) in [6, 6.07) is 3.87. The third-order valence-corrected chi connectivity index (χ3v) is 5.50. The van der Waals surface area contributed by atoms with Crippen LogP contribution in [0.2, 0.25) is 0 Å². The van der Waals surface area contributed by atoms with E-state index in [1.54, 1.807) is 0 Å². The molecule has 2 N–H and O–H groups in total. The van der Waals surface area contributed by atoms with Crippen molar-refractivity contribution in [3.63, 3.8) is 0 Å². The Bertz CT molecular complexity index is 603. The Labute approximate surface area is 132 Å². The number of sulfonamides is 1. The van der Waals surface area contributed by atoms with E-state index in [-0.39, 0.29) is 30.2 Å². The molecule has 0 aromatic heterocycles. The van der Waals surface area contributed by atoms with E-state index in [4.69, 9.17) is 10.2 Å². The SMILES string of the molecule is CCCCN(CCO)S(=O)(=O)c1ccc(Br)c(C(=O)O)c1. The number of halogens is 1. The van der Waals surface area contributed by atoms with Crippen LogP contribution in [0.15, 0.2) is 27.6 Å². The van der Waals surface area contributed by atoms with Crippen molar-refractivity contribution in [2.24, 2.45) is 0 Å². The van der Waals surface area contributed by atoms with Crippen molar-refractivity contribution in [1.29, 1.82) is 0 Å². The highest BCUT2D eigenvalue weighted by molar-refractivity contribution is 9.10. The molecule has 0 fully saturated rings. The van der Waals surface area contributed by atoms with Crippen molar-refractivity contribution in [1.82, 2.24) is 4.31 Å². The molecule has 118 valence electrons. The van der Waals surface area contributed by atoms with E-state index >= 15 is 0 Å². The molecule has 0 saturated heterocycles. The number of carboxylic acid groups (broad SMARTS) is 1. The molecule has 0 heterocycles. The minimum Gasteiger partial charge on any atom is -0.478 e. The molecule has 0 aliphatic rings. The van der Waals surface area contributed by atoms with E-state index < -0.39 is 16.0 Å². The number of carbonyl (C=O) groups is 1. The molecule has 0 aliphatic carbocycles. The van der Waals surface area contributed by atoms with Crippen molar-refractivity contribution in [3.05, 3.63) is 28.2 Å². The van der Waals surface area contributed by atoms with Crippen LogP contribution in [-0.4, -0.2) is 48.6 Å². The topological polar surface area (TPSA) is 94.9 Å². The second-order valence-electron chi connectivity index (χ2n) is 4.43. The predicted molar refractivity (Wildman–Crippen MR) is 81.9 cm³/mol. The molecule has 0 spiro atoms. The summed E-state index contributed by atoms with van der Waals surface area (Å²) in [4.78, 5) is 11.0. The van der Waals surface area contributed by atoms with Gasteiger partial charge < -0.3 is 10.2 Å². The molecule has 8 heteroatoms. The molecule has 1 aromatic rings. The second kappa shape index (κ2) is 7.88. The van der Waals surface area contributed by atoms with E-state index in [0.29, 0.717) is 10.9 Å². The molecular weight excluding hydrogens is 362 g/mol. The third-order valence-electron chi connectivity index (χ3n) is 2.92. The lowest BCUT2D eigenvalue weighted by atomic mass is 10.2. The van der Waals surface area contributed by atoms with Crippen LogP contribution in [0, 0.1) is 0 Å². The number of hydrogen-bond donors (Lipinski definition) is 2. The summed E-state index contributed by atoms with van der Waals surface area (Å²) in [5.74, 6) is -1.21. The Hall–Kier alpha value is -0.960. The van der Waals surface area contributed by atoms with Gasteiger partial charge in [0.2, 0.25) is 10.0 Å². The first-order chi connectivity index (χ1) is 9.84. The van der Waals surface area contributed by atoms with Crippen LogP contribution in [0.1, 0.15) is 30.1 Å². The number of benzene rings is 1. The van der Waals surface area contributed by atoms with Gasteiger partial charge in [0.15, 0.2) is 0 Å². The molecular formula is C13H18BrNO5S. The number of nitrogens with zero attached hydrogens (tertiary/aromatic N) is 1. The number of aliphatic hydroxyl groups excluding tert-OH is 1. The Balaban J connectivity index is 3.21. The minimum atomic E-state index is -3.82. The van der Waals surface area contributed by atoms with Gasteiger partial charge in [-0.2, -0.15) is 4.31 Å². The maximum absolute atomic E-state index is 12.5. The van der Waals surface area contributed by atoms with Crippen LogP contribution in [0.4, 0.5) is 0 Å². The summed E-state index contributed by atoms with van der Waals surface area (Å²) >= 11 is 3.08. The van der Waals surface area contributed by atoms with Crippen LogP contribution in [0.25, 0.3) is 0 Å². The van der Waals surface area contributed by atoms with Gasteiger partial charge in [0.05, 0.1) is 17.1 Å². The Morgan fingerprint density at radius 1 is 1.33 bits per heavy atom. The van der Waals surface area contributed by atoms with Gasteiger partial charge in [0.25, 0.3) is 0 Å². The van der Waals surface area contributed by atoms with Crippen LogP contribution < -0.4 is 0 Å². The quantitative estimate of drug-likeness (QED) is 0.719. The highest BCUT2D eigenvalue weighted by Gasteiger charge is 2.25. The van der Waals surface area contributed by atoms with Crippen molar-refractivity contribution >= 4 is 31.9 Å². The maximum Gasteiger partial charge on any atom is 0.336 e. The summed E-state index contributed by atoms with van der Waals surface area (Å²) in [5, 5.41) is 18.1. The second-order valence-corrected chi connectivity index (χ2v) is 7.22. The summed E-state index contributed by atoms with van der Waals surface area (Å²) in [6.45, 7) is 1.93. The average molecular weight is 380 g/mol. The van der Waals surface area contributed by atoms with Gasteiger partial charge in [-0.05, 0) is 40.5 Å². The molecule has 1 rings (SSSR count). The number of aromatic carboxylic acids is 1. The summed E-state index contributed by atoms with van der Waals surface area (Å²) in [7, 11) is -3.82. The molecule has 0 bridgehead atoms. The largest absolute Gasteiger partial charge is 0.478 e. The van der Waals surface area contributed by atoms with Crippen molar-refractivity contribution < 1.29 is 23.4 Å². The van der Waals surface area contributed by atoms with E-state index in [1.807, 2.05) is 6.92 Å². The summed E-state index contributed by atoms with van der Waals surface area (Å²) in [6.07, 6.45) is 1.49. The van der Waals surface area contributed by atoms with Gasteiger partial charge in [0.1, 0.15) is 0 Å². The average Bonchev–Trinajstić information content (AvgIpc) is 2.43. The van der Waals surface area contributed by atoms with Crippen molar-refractivity contribution in [2.45, 2.75) is 24.7 Å². The van der Waals surface area contributed by atoms with Crippen LogP contribution in [0.5, 0.6) is 0 Å². The molecule has 0 amide bonds. The first-order valence-corrected chi connectivity index (χ1v) is 8.71. The van der Waals surface area contributed by atoms with E-state index in [1.165, 1.54) is 16.4 Å². The summed E-state index contributed by atoms with van der Waals surface area (Å²) in [5.41, 5.74) is -0.115. The number of hydrogen-bond acceptors (Lipinski definition) is 4. The Morgan fingerprint density at radius 3 is 2.52 bits per heavy atom. The van der Waals surface area contributed by atoms with Gasteiger partial charge in [0, 0.05) is 17.6 Å². The van der Waals surface area contributed by atoms with Crippen LogP contribution in [0.3, 0.4) is 0 Å². The van der Waals surface area contributed by atoms with Gasteiger partial charge in [-0.15, -0.1) is 0 Å². The fourth-order valence-corrected chi connectivity index (χ4v) is 3.69. The van der Waals surface area contributed by atoms with Crippen LogP contribution in [-0.2, 0) is 10.0 Å². The zero-order valence-corrected chi connectivity index (χ0v) is 14.0. The maximum atomic E-state index is 12.5. The molecule has 6 nitrogen and oxygen atoms in total. The number of carboxylic acids is 1. The molecule has 0 atom stereocenters. The number of aliphatic hydroxyl groups is 1. The highest BCUT2D eigenvalue weighted by atomic mass is 79.9. The standard InChI is InChI=1S/C13H18BrNO5S/c1-2-3-6-15(7-8-16)21(19,20)10-4-5-12(14)11(9-10)13(17)18/h4-5,9,16H,2-3,6-8H2,1H3,(H,17,18). The monoisotopic (exact) mass is 379 g/mol. The van der Waals surface area contributed by atoms with Gasteiger partial charge >= 0.3 is 5.97 Å². The van der Waals surface area contributed by atoms with Crippen molar-refractivity contribution in [2.75, 3.05) is 19.7 Å². The molecule has 0 saturated carbocycles. The zero-order valence-electron chi connectivity index (χ0n) is 11.6. The number of rotatable bonds is 8. The normalized spacial score (nSPS) is 11.8. The predicted octanol–water partition coefficient (Wildman–Crippen LogP) is 1.93. The minimum absolute atomic E-state index is 0.0131. The van der Waals surface area contributed by atoms with Gasteiger partial charge in [-0.1, -0.05) is 13.3 Å². The summed E-state index contributed by atoms with van der Waals surface area (Å²) < 4.78 is 26.5. The fourth-order valence-electron chi connectivity index (χ4n) is 1.78. The lowest BCUT2D eigenvalue weighted by Crippen LogP contribution is -2.34. The molecule has 1 aromatic carbocycles. The fraction of sp³-hybridized carbons (Fsp3) is 0.462. The van der Waals surface area contributed by atoms with E-state index in [0.717, 1.165) is 12.5 Å². The smallest absolute Gasteiger partial charge is 0.336 e. The molecule has 0 aliphatic heterocycles. The lowest BCUT2D eigenvalue weighted by molar-refractivity contribution is 0.0695. The first kappa shape index (κ1) is 18.1. The van der Waals surface area contributed by atoms with Crippen LogP contribution >= 0.6 is 15.9 Å². The molecule has 0 radical (unpaired) electrons. The zero-order chi connectivity index (χ0) is 16.0.